The molecule has 3 heterocycles. The van der Waals surface area contributed by atoms with E-state index in [9.17, 15) is 4.79 Å². The van der Waals surface area contributed by atoms with Gasteiger partial charge in [0.1, 0.15) is 17.5 Å². The van der Waals surface area contributed by atoms with E-state index in [1.165, 1.54) is 11.3 Å². The predicted molar refractivity (Wildman–Crippen MR) is 94.8 cm³/mol. The van der Waals surface area contributed by atoms with Gasteiger partial charge in [-0.3, -0.25) is 4.79 Å². The smallest absolute Gasteiger partial charge is 0.270 e. The van der Waals surface area contributed by atoms with Crippen molar-refractivity contribution in [3.05, 3.63) is 58.3 Å². The zero-order chi connectivity index (χ0) is 17.2. The molecule has 1 aromatic carbocycles. The summed E-state index contributed by atoms with van der Waals surface area (Å²) in [5.74, 6) is 1.27. The molecule has 1 N–H and O–H groups in total. The van der Waals surface area contributed by atoms with Crippen molar-refractivity contribution in [2.45, 2.75) is 19.4 Å². The van der Waals surface area contributed by atoms with Crippen LogP contribution in [0, 0.1) is 6.92 Å². The molecule has 0 bridgehead atoms. The first-order valence-corrected chi connectivity index (χ1v) is 8.85. The average molecular weight is 352 g/mol. The maximum atomic E-state index is 12.1. The average Bonchev–Trinajstić information content (AvgIpc) is 3.26. The largest absolute Gasteiger partial charge is 0.487 e. The Bertz CT molecular complexity index is 910. The first kappa shape index (κ1) is 15.7. The number of nitrogens with zero attached hydrogens (tertiary/aromatic N) is 3. The highest BCUT2D eigenvalue weighted by atomic mass is 32.1. The van der Waals surface area contributed by atoms with Crippen LogP contribution in [-0.4, -0.2) is 33.5 Å². The van der Waals surface area contributed by atoms with Gasteiger partial charge < -0.3 is 10.1 Å². The summed E-state index contributed by atoms with van der Waals surface area (Å²) in [7, 11) is 0. The Morgan fingerprint density at radius 3 is 2.92 bits per heavy atom. The van der Waals surface area contributed by atoms with Crippen LogP contribution in [0.5, 0.6) is 5.75 Å². The number of carbonyl (C=O) groups excluding carboxylic acids is 1. The molecule has 1 atom stereocenters. The van der Waals surface area contributed by atoms with Crippen LogP contribution in [-0.2, 0) is 6.42 Å². The van der Waals surface area contributed by atoms with Gasteiger partial charge in [-0.05, 0) is 24.6 Å². The Labute approximate surface area is 148 Å². The van der Waals surface area contributed by atoms with Crippen molar-refractivity contribution in [2.24, 2.45) is 0 Å². The Hall–Kier alpha value is -2.80. The zero-order valence-electron chi connectivity index (χ0n) is 13.6. The normalized spacial score (nSPS) is 15.5. The Morgan fingerprint density at radius 2 is 2.16 bits per heavy atom. The van der Waals surface area contributed by atoms with Crippen molar-refractivity contribution in [3.63, 3.8) is 0 Å². The summed E-state index contributed by atoms with van der Waals surface area (Å²) in [6.07, 6.45) is 4.06. The number of ether oxygens (including phenoxy) is 1. The van der Waals surface area contributed by atoms with E-state index in [-0.39, 0.29) is 12.0 Å². The molecule has 0 unspecified atom stereocenters. The third-order valence-corrected chi connectivity index (χ3v) is 4.75. The summed E-state index contributed by atoms with van der Waals surface area (Å²) in [5, 5.41) is 5.54. The Balaban J connectivity index is 1.46. The molecule has 2 aromatic heterocycles. The number of hydrogen-bond acceptors (Lipinski definition) is 6. The molecular weight excluding hydrogens is 336 g/mol. The van der Waals surface area contributed by atoms with Crippen LogP contribution in [0.3, 0.4) is 0 Å². The van der Waals surface area contributed by atoms with Crippen LogP contribution in [0.25, 0.3) is 11.4 Å². The number of fused-ring (bicyclic) bond motifs is 1. The minimum absolute atomic E-state index is 0.108. The van der Waals surface area contributed by atoms with Crippen LogP contribution in [0.15, 0.2) is 42.0 Å². The van der Waals surface area contributed by atoms with Crippen molar-refractivity contribution in [1.82, 2.24) is 20.3 Å². The fourth-order valence-corrected chi connectivity index (χ4v) is 3.42. The van der Waals surface area contributed by atoms with Crippen molar-refractivity contribution in [3.8, 4) is 17.1 Å². The number of aryl methyl sites for hydroxylation is 1. The second-order valence-corrected chi connectivity index (χ2v) is 6.83. The number of nitrogens with one attached hydrogen (secondary N) is 1. The number of thiazole rings is 1. The molecule has 0 spiro atoms. The van der Waals surface area contributed by atoms with Gasteiger partial charge in [-0.15, -0.1) is 11.3 Å². The quantitative estimate of drug-likeness (QED) is 0.781. The van der Waals surface area contributed by atoms with Crippen LogP contribution < -0.4 is 10.1 Å². The molecule has 4 rings (SSSR count). The van der Waals surface area contributed by atoms with E-state index < -0.39 is 0 Å². The fraction of sp³-hybridized carbons (Fsp3) is 0.222. The highest BCUT2D eigenvalue weighted by Gasteiger charge is 2.27. The number of benzene rings is 1. The third kappa shape index (κ3) is 3.23. The highest BCUT2D eigenvalue weighted by molar-refractivity contribution is 7.09. The molecule has 7 heteroatoms. The SMILES string of the molecule is Cc1nc(C(=O)NC[C@H]2Cc3cccc(-c4ncccn4)c3O2)cs1. The van der Waals surface area contributed by atoms with Gasteiger partial charge in [0.2, 0.25) is 0 Å². The molecule has 126 valence electrons. The topological polar surface area (TPSA) is 77.0 Å². The first-order chi connectivity index (χ1) is 12.2. The van der Waals surface area contributed by atoms with Crippen LogP contribution in [0.2, 0.25) is 0 Å². The number of hydrogen-bond donors (Lipinski definition) is 1. The van der Waals surface area contributed by atoms with Crippen LogP contribution in [0.1, 0.15) is 21.1 Å². The minimum atomic E-state index is -0.171. The molecule has 25 heavy (non-hydrogen) atoms. The number of rotatable bonds is 4. The molecule has 0 saturated carbocycles. The lowest BCUT2D eigenvalue weighted by Crippen LogP contribution is -2.34. The van der Waals surface area contributed by atoms with Crippen molar-refractivity contribution >= 4 is 17.2 Å². The number of amides is 1. The fourth-order valence-electron chi connectivity index (χ4n) is 2.83. The van der Waals surface area contributed by atoms with E-state index in [1.807, 2.05) is 25.1 Å². The molecule has 0 aliphatic carbocycles. The predicted octanol–water partition coefficient (Wildman–Crippen LogP) is 2.64. The lowest BCUT2D eigenvalue weighted by Gasteiger charge is -2.12. The molecule has 1 amide bonds. The summed E-state index contributed by atoms with van der Waals surface area (Å²) >= 11 is 1.46. The van der Waals surface area contributed by atoms with Gasteiger partial charge in [0.15, 0.2) is 5.82 Å². The Morgan fingerprint density at radius 1 is 1.32 bits per heavy atom. The molecule has 1 aliphatic rings. The van der Waals surface area contributed by atoms with Crippen molar-refractivity contribution in [2.75, 3.05) is 6.54 Å². The van der Waals surface area contributed by atoms with Gasteiger partial charge in [-0.2, -0.15) is 0 Å². The monoisotopic (exact) mass is 352 g/mol. The minimum Gasteiger partial charge on any atom is -0.487 e. The molecule has 0 radical (unpaired) electrons. The molecule has 6 nitrogen and oxygen atoms in total. The summed E-state index contributed by atoms with van der Waals surface area (Å²) in [5.41, 5.74) is 2.44. The number of para-hydroxylation sites is 1. The molecular formula is C18H16N4O2S. The van der Waals surface area contributed by atoms with E-state index in [0.717, 1.165) is 28.3 Å². The Kier molecular flexibility index (Phi) is 4.15. The second kappa shape index (κ2) is 6.60. The first-order valence-electron chi connectivity index (χ1n) is 7.97. The highest BCUT2D eigenvalue weighted by Crippen LogP contribution is 2.37. The molecule has 0 fully saturated rings. The van der Waals surface area contributed by atoms with Gasteiger partial charge in [0.05, 0.1) is 17.1 Å². The summed E-state index contributed by atoms with van der Waals surface area (Å²) < 4.78 is 6.07. The summed E-state index contributed by atoms with van der Waals surface area (Å²) in [6.45, 7) is 2.31. The number of aromatic nitrogens is 3. The summed E-state index contributed by atoms with van der Waals surface area (Å²) in [6, 6.07) is 7.75. The molecule has 0 saturated heterocycles. The van der Waals surface area contributed by atoms with Crippen LogP contribution in [0.4, 0.5) is 0 Å². The number of carbonyl (C=O) groups is 1. The second-order valence-electron chi connectivity index (χ2n) is 5.77. The molecule has 3 aromatic rings. The summed E-state index contributed by atoms with van der Waals surface area (Å²) in [4.78, 5) is 24.9. The van der Waals surface area contributed by atoms with E-state index >= 15 is 0 Å². The lowest BCUT2D eigenvalue weighted by molar-refractivity contribution is 0.0929. The maximum Gasteiger partial charge on any atom is 0.270 e. The van der Waals surface area contributed by atoms with Gasteiger partial charge in [0.25, 0.3) is 5.91 Å². The standard InChI is InChI=1S/C18H16N4O2S/c1-11-22-15(10-25-11)18(23)21-9-13-8-12-4-2-5-14(16(12)24-13)17-19-6-3-7-20-17/h2-7,10,13H,8-9H2,1H3,(H,21,23)/t13-/m1/s1. The van der Waals surface area contributed by atoms with Gasteiger partial charge >= 0.3 is 0 Å². The lowest BCUT2D eigenvalue weighted by atomic mass is 10.1. The van der Waals surface area contributed by atoms with E-state index in [0.29, 0.717) is 18.1 Å². The van der Waals surface area contributed by atoms with E-state index in [1.54, 1.807) is 23.8 Å². The van der Waals surface area contributed by atoms with Crippen molar-refractivity contribution in [1.29, 1.82) is 0 Å². The third-order valence-electron chi connectivity index (χ3n) is 3.98. The van der Waals surface area contributed by atoms with E-state index in [2.05, 4.69) is 20.3 Å². The van der Waals surface area contributed by atoms with E-state index in [4.69, 9.17) is 4.74 Å². The maximum absolute atomic E-state index is 12.1. The molecule has 1 aliphatic heterocycles. The van der Waals surface area contributed by atoms with Gasteiger partial charge in [0, 0.05) is 24.2 Å². The van der Waals surface area contributed by atoms with Crippen LogP contribution >= 0.6 is 11.3 Å². The van der Waals surface area contributed by atoms with Gasteiger partial charge in [-0.1, -0.05) is 12.1 Å². The zero-order valence-corrected chi connectivity index (χ0v) is 14.4. The van der Waals surface area contributed by atoms with Crippen molar-refractivity contribution < 1.29 is 9.53 Å². The van der Waals surface area contributed by atoms with Gasteiger partial charge in [-0.25, -0.2) is 15.0 Å².